The Balaban J connectivity index is 1.18. The number of likely N-dealkylation sites (tertiary alicyclic amines) is 1. The fraction of sp³-hybridized carbons (Fsp3) is 0.462. The Hall–Kier alpha value is -3.18. The van der Waals surface area contributed by atoms with Crippen LogP contribution in [0.4, 0.5) is 19.1 Å². The van der Waals surface area contributed by atoms with Gasteiger partial charge in [-0.15, -0.1) is 0 Å². The number of halogens is 4. The highest BCUT2D eigenvalue weighted by Gasteiger charge is 2.42. The van der Waals surface area contributed by atoms with Gasteiger partial charge in [0, 0.05) is 50.7 Å². The van der Waals surface area contributed by atoms with Crippen LogP contribution in [0.25, 0.3) is 5.57 Å². The zero-order valence-corrected chi connectivity index (χ0v) is 21.5. The van der Waals surface area contributed by atoms with Gasteiger partial charge in [-0.3, -0.25) is 9.69 Å². The number of anilines is 1. The van der Waals surface area contributed by atoms with E-state index >= 15 is 0 Å². The second kappa shape index (κ2) is 10.5. The number of hydrogen-bond acceptors (Lipinski definition) is 7. The number of rotatable bonds is 5. The van der Waals surface area contributed by atoms with E-state index in [0.29, 0.717) is 49.7 Å². The Morgan fingerprint density at radius 2 is 1.82 bits per heavy atom. The molecule has 0 radical (unpaired) electrons. The summed E-state index contributed by atoms with van der Waals surface area (Å²) in [6.07, 6.45) is 2.64. The average Bonchev–Trinajstić information content (AvgIpc) is 3.18. The van der Waals surface area contributed by atoms with Crippen molar-refractivity contribution in [1.29, 1.82) is 0 Å². The number of ether oxygens (including phenoxy) is 1. The van der Waals surface area contributed by atoms with E-state index in [0.717, 1.165) is 24.5 Å². The van der Waals surface area contributed by atoms with E-state index in [-0.39, 0.29) is 29.6 Å². The average molecular weight is 550 g/mol. The second-order valence-corrected chi connectivity index (χ2v) is 10.2. The molecule has 5 rings (SSSR count). The predicted molar refractivity (Wildman–Crippen MR) is 135 cm³/mol. The SMILES string of the molecule is COC(=O)c1cnc(N2C3CCC2CN(CC(=O)N2CC=C(c4ccc(Cl)c(C(F)(F)F)c4)CC2)C3)nc1. The molecule has 3 aliphatic heterocycles. The zero-order chi connectivity index (χ0) is 27.0. The molecule has 0 N–H and O–H groups in total. The minimum Gasteiger partial charge on any atom is -0.465 e. The van der Waals surface area contributed by atoms with E-state index in [9.17, 15) is 22.8 Å². The van der Waals surface area contributed by atoms with Crippen molar-refractivity contribution in [1.82, 2.24) is 19.8 Å². The van der Waals surface area contributed by atoms with Gasteiger partial charge >= 0.3 is 12.1 Å². The zero-order valence-electron chi connectivity index (χ0n) is 20.7. The Labute approximate surface area is 223 Å². The van der Waals surface area contributed by atoms with Gasteiger partial charge < -0.3 is 14.5 Å². The van der Waals surface area contributed by atoms with Gasteiger partial charge in [0.2, 0.25) is 11.9 Å². The minimum absolute atomic E-state index is 0.00100. The second-order valence-electron chi connectivity index (χ2n) is 9.76. The molecule has 3 aliphatic rings. The first kappa shape index (κ1) is 26.4. The van der Waals surface area contributed by atoms with Crippen LogP contribution in [0.3, 0.4) is 0 Å². The first-order valence-electron chi connectivity index (χ1n) is 12.4. The molecule has 2 saturated heterocycles. The van der Waals surface area contributed by atoms with Crippen molar-refractivity contribution in [2.75, 3.05) is 44.7 Å². The molecule has 1 aromatic carbocycles. The number of amides is 1. The highest BCUT2D eigenvalue weighted by atomic mass is 35.5. The molecule has 1 amide bonds. The summed E-state index contributed by atoms with van der Waals surface area (Å²) in [6.45, 7) is 2.48. The van der Waals surface area contributed by atoms with Crippen molar-refractivity contribution in [2.45, 2.75) is 37.5 Å². The Morgan fingerprint density at radius 1 is 1.13 bits per heavy atom. The Morgan fingerprint density at radius 3 is 2.39 bits per heavy atom. The van der Waals surface area contributed by atoms with E-state index in [2.05, 4.69) is 19.8 Å². The molecular weight excluding hydrogens is 523 g/mol. The molecule has 2 aromatic rings. The van der Waals surface area contributed by atoms with Crippen LogP contribution in [-0.2, 0) is 15.7 Å². The molecule has 2 fully saturated rings. The number of carbonyl (C=O) groups is 2. The number of nitrogens with zero attached hydrogens (tertiary/aromatic N) is 5. The van der Waals surface area contributed by atoms with E-state index in [4.69, 9.17) is 16.3 Å². The summed E-state index contributed by atoms with van der Waals surface area (Å²) >= 11 is 5.75. The summed E-state index contributed by atoms with van der Waals surface area (Å²) in [5, 5.41) is -0.326. The van der Waals surface area contributed by atoms with Crippen molar-refractivity contribution in [2.24, 2.45) is 0 Å². The number of benzene rings is 1. The van der Waals surface area contributed by atoms with Crippen molar-refractivity contribution < 1.29 is 27.5 Å². The van der Waals surface area contributed by atoms with E-state index in [1.807, 2.05) is 6.08 Å². The summed E-state index contributed by atoms with van der Waals surface area (Å²) in [5.41, 5.74) is 0.697. The van der Waals surface area contributed by atoms with Crippen LogP contribution in [0.2, 0.25) is 5.02 Å². The van der Waals surface area contributed by atoms with Gasteiger partial charge in [0.25, 0.3) is 0 Å². The molecule has 0 spiro atoms. The molecule has 12 heteroatoms. The normalized spacial score (nSPS) is 21.9. The Bertz CT molecular complexity index is 1240. The van der Waals surface area contributed by atoms with Crippen LogP contribution < -0.4 is 4.90 Å². The highest BCUT2D eigenvalue weighted by molar-refractivity contribution is 6.31. The third-order valence-corrected chi connectivity index (χ3v) is 7.74. The fourth-order valence-corrected chi connectivity index (χ4v) is 5.74. The smallest absolute Gasteiger partial charge is 0.417 e. The van der Waals surface area contributed by atoms with E-state index in [1.165, 1.54) is 25.6 Å². The summed E-state index contributed by atoms with van der Waals surface area (Å²) in [4.78, 5) is 39.5. The van der Waals surface area contributed by atoms with Crippen LogP contribution in [-0.4, -0.2) is 83.6 Å². The quantitative estimate of drug-likeness (QED) is 0.523. The first-order chi connectivity index (χ1) is 18.1. The summed E-state index contributed by atoms with van der Waals surface area (Å²) in [5.74, 6) is 0.0846. The molecular formula is C26H27ClF3N5O3. The maximum absolute atomic E-state index is 13.2. The lowest BCUT2D eigenvalue weighted by molar-refractivity contribution is -0.137. The molecule has 2 atom stereocenters. The highest BCUT2D eigenvalue weighted by Crippen LogP contribution is 2.37. The molecule has 0 saturated carbocycles. The summed E-state index contributed by atoms with van der Waals surface area (Å²) in [6, 6.07) is 4.28. The lowest BCUT2D eigenvalue weighted by Crippen LogP contribution is -2.56. The molecule has 38 heavy (non-hydrogen) atoms. The number of hydrogen-bond donors (Lipinski definition) is 0. The predicted octanol–water partition coefficient (Wildman–Crippen LogP) is 3.90. The number of carbonyl (C=O) groups excluding carboxylic acids is 2. The van der Waals surface area contributed by atoms with E-state index < -0.39 is 17.7 Å². The maximum Gasteiger partial charge on any atom is 0.417 e. The van der Waals surface area contributed by atoms with Gasteiger partial charge in [0.15, 0.2) is 0 Å². The summed E-state index contributed by atoms with van der Waals surface area (Å²) in [7, 11) is 1.31. The third-order valence-electron chi connectivity index (χ3n) is 7.41. The van der Waals surface area contributed by atoms with Crippen LogP contribution in [0.5, 0.6) is 0 Å². The largest absolute Gasteiger partial charge is 0.465 e. The van der Waals surface area contributed by atoms with Crippen LogP contribution >= 0.6 is 11.6 Å². The van der Waals surface area contributed by atoms with Gasteiger partial charge in [-0.2, -0.15) is 13.2 Å². The lowest BCUT2D eigenvalue weighted by Gasteiger charge is -2.41. The topological polar surface area (TPSA) is 78.9 Å². The molecule has 2 unspecified atom stereocenters. The molecule has 2 bridgehead atoms. The van der Waals surface area contributed by atoms with Gasteiger partial charge in [0.1, 0.15) is 0 Å². The third kappa shape index (κ3) is 5.35. The van der Waals surface area contributed by atoms with Gasteiger partial charge in [-0.1, -0.05) is 23.7 Å². The number of aromatic nitrogens is 2. The summed E-state index contributed by atoms with van der Waals surface area (Å²) < 4.78 is 44.4. The van der Waals surface area contributed by atoms with Crippen molar-refractivity contribution in [3.8, 4) is 0 Å². The standard InChI is InChI=1S/C26H27ClF3N5O3/c1-38-24(37)18-11-31-25(32-12-18)35-19-3-4-20(35)14-33(13-19)15-23(36)34-8-6-16(7-9-34)17-2-5-22(27)21(10-17)26(28,29)30/h2,5-6,10-12,19-20H,3-4,7-9,13-15H2,1H3. The lowest BCUT2D eigenvalue weighted by atomic mass is 9.97. The molecule has 8 nitrogen and oxygen atoms in total. The fourth-order valence-electron chi connectivity index (χ4n) is 5.52. The van der Waals surface area contributed by atoms with Gasteiger partial charge in [0.05, 0.1) is 29.8 Å². The van der Waals surface area contributed by atoms with Gasteiger partial charge in [-0.25, -0.2) is 14.8 Å². The van der Waals surface area contributed by atoms with Crippen LogP contribution in [0, 0.1) is 0 Å². The molecule has 4 heterocycles. The van der Waals surface area contributed by atoms with E-state index in [1.54, 1.807) is 11.0 Å². The number of methoxy groups -OCH3 is 1. The molecule has 0 aliphatic carbocycles. The minimum atomic E-state index is -4.52. The van der Waals surface area contributed by atoms with Crippen molar-refractivity contribution in [3.63, 3.8) is 0 Å². The van der Waals surface area contributed by atoms with Gasteiger partial charge in [-0.05, 0) is 42.5 Å². The van der Waals surface area contributed by atoms with Crippen molar-refractivity contribution >= 4 is 35.0 Å². The number of piperazine rings is 1. The van der Waals surface area contributed by atoms with Crippen molar-refractivity contribution in [3.05, 3.63) is 58.4 Å². The number of esters is 1. The monoisotopic (exact) mass is 549 g/mol. The molecule has 1 aromatic heterocycles. The Kier molecular flexibility index (Phi) is 7.32. The first-order valence-corrected chi connectivity index (χ1v) is 12.8. The van der Waals surface area contributed by atoms with Crippen LogP contribution in [0.15, 0.2) is 36.7 Å². The maximum atomic E-state index is 13.2. The van der Waals surface area contributed by atoms with Crippen LogP contribution in [0.1, 0.15) is 40.7 Å². The number of fused-ring (bicyclic) bond motifs is 2. The number of alkyl halides is 3. The molecule has 202 valence electrons.